The van der Waals surface area contributed by atoms with E-state index >= 15 is 0 Å². The molecule has 7 heteroatoms. The van der Waals surface area contributed by atoms with E-state index in [2.05, 4.69) is 5.32 Å². The number of rotatable bonds is 2. The molecule has 2 atom stereocenters. The van der Waals surface area contributed by atoms with Crippen LogP contribution >= 0.6 is 11.6 Å². The van der Waals surface area contributed by atoms with Gasteiger partial charge >= 0.3 is 5.97 Å². The van der Waals surface area contributed by atoms with Gasteiger partial charge in [0.05, 0.1) is 12.1 Å². The molecule has 1 aromatic rings. The molecule has 0 bridgehead atoms. The number of nitrogens with zero attached hydrogens (tertiary/aromatic N) is 2. The predicted molar refractivity (Wildman–Crippen MR) is 64.1 cm³/mol. The van der Waals surface area contributed by atoms with Crippen molar-refractivity contribution in [1.29, 1.82) is 10.5 Å². The molecule has 0 radical (unpaired) electrons. The molecule has 0 aromatic heterocycles. The van der Waals surface area contributed by atoms with Crippen LogP contribution in [0.15, 0.2) is 18.2 Å². The molecular formula is C12H6ClN3O3. The smallest absolute Gasteiger partial charge is 0.323 e. The van der Waals surface area contributed by atoms with Crippen LogP contribution in [0.2, 0.25) is 5.02 Å². The molecule has 1 heterocycles. The average Bonchev–Trinajstić information content (AvgIpc) is 2.63. The highest BCUT2D eigenvalue weighted by Crippen LogP contribution is 2.43. The van der Waals surface area contributed by atoms with Gasteiger partial charge < -0.3 is 10.4 Å². The molecule has 19 heavy (non-hydrogen) atoms. The fourth-order valence-electron chi connectivity index (χ4n) is 2.09. The number of nitriles is 2. The number of anilines is 1. The lowest BCUT2D eigenvalue weighted by Gasteiger charge is -2.21. The van der Waals surface area contributed by atoms with Gasteiger partial charge in [-0.1, -0.05) is 11.6 Å². The summed E-state index contributed by atoms with van der Waals surface area (Å²) in [6.45, 7) is 0. The van der Waals surface area contributed by atoms with Crippen molar-refractivity contribution in [3.05, 3.63) is 28.8 Å². The summed E-state index contributed by atoms with van der Waals surface area (Å²) in [4.78, 5) is 23.1. The number of carboxylic acids is 1. The van der Waals surface area contributed by atoms with Crippen molar-refractivity contribution in [3.8, 4) is 12.1 Å². The van der Waals surface area contributed by atoms with Crippen LogP contribution < -0.4 is 5.32 Å². The van der Waals surface area contributed by atoms with E-state index in [0.29, 0.717) is 0 Å². The molecule has 0 saturated carbocycles. The number of nitrogens with one attached hydrogen (secondary N) is 1. The van der Waals surface area contributed by atoms with Crippen molar-refractivity contribution in [1.82, 2.24) is 0 Å². The van der Waals surface area contributed by atoms with Crippen LogP contribution in [0.25, 0.3) is 0 Å². The minimum atomic E-state index is -2.08. The maximum Gasteiger partial charge on any atom is 0.323 e. The van der Waals surface area contributed by atoms with Crippen molar-refractivity contribution in [2.75, 3.05) is 5.32 Å². The number of carboxylic acid groups (broad SMARTS) is 1. The summed E-state index contributed by atoms with van der Waals surface area (Å²) in [6.07, 6.45) is 0. The van der Waals surface area contributed by atoms with Crippen molar-refractivity contribution < 1.29 is 14.7 Å². The van der Waals surface area contributed by atoms with E-state index in [4.69, 9.17) is 22.0 Å². The molecule has 6 nitrogen and oxygen atoms in total. The highest BCUT2D eigenvalue weighted by molar-refractivity contribution is 6.31. The number of carbonyl (C=O) groups is 2. The number of aliphatic carboxylic acids is 1. The van der Waals surface area contributed by atoms with Crippen LogP contribution in [0.4, 0.5) is 5.69 Å². The van der Waals surface area contributed by atoms with E-state index in [-0.39, 0.29) is 16.3 Å². The van der Waals surface area contributed by atoms with Crippen LogP contribution in [0.3, 0.4) is 0 Å². The monoisotopic (exact) mass is 275 g/mol. The van der Waals surface area contributed by atoms with Crippen molar-refractivity contribution in [2.45, 2.75) is 5.41 Å². The summed E-state index contributed by atoms with van der Waals surface area (Å²) in [5.41, 5.74) is -1.68. The van der Waals surface area contributed by atoms with Crippen LogP contribution in [0, 0.1) is 28.6 Å². The maximum absolute atomic E-state index is 12.0. The number of halogens is 1. The first kappa shape index (κ1) is 12.9. The highest BCUT2D eigenvalue weighted by Gasteiger charge is 2.57. The molecule has 94 valence electrons. The largest absolute Gasteiger partial charge is 0.480 e. The van der Waals surface area contributed by atoms with Gasteiger partial charge in [0.25, 0.3) is 5.91 Å². The second-order valence-corrected chi connectivity index (χ2v) is 4.40. The minimum absolute atomic E-state index is 0.112. The number of hydrogen-bond acceptors (Lipinski definition) is 4. The summed E-state index contributed by atoms with van der Waals surface area (Å²) in [7, 11) is 0. The zero-order chi connectivity index (χ0) is 14.2. The normalized spacial score (nSPS) is 21.7. The first-order chi connectivity index (χ1) is 8.97. The molecule has 0 fully saturated rings. The molecule has 2 unspecified atom stereocenters. The van der Waals surface area contributed by atoms with E-state index < -0.39 is 23.2 Å². The topological polar surface area (TPSA) is 114 Å². The van der Waals surface area contributed by atoms with Gasteiger partial charge in [-0.05, 0) is 18.2 Å². The Morgan fingerprint density at radius 2 is 2.16 bits per heavy atom. The zero-order valence-electron chi connectivity index (χ0n) is 9.35. The Bertz CT molecular complexity index is 674. The van der Waals surface area contributed by atoms with Gasteiger partial charge in [-0.15, -0.1) is 0 Å². The second kappa shape index (κ2) is 4.27. The number of fused-ring (bicyclic) bond motifs is 1. The minimum Gasteiger partial charge on any atom is -0.480 e. The molecule has 0 aliphatic carbocycles. The van der Waals surface area contributed by atoms with Crippen molar-refractivity contribution in [2.24, 2.45) is 5.92 Å². The standard InChI is InChI=1S/C12H6ClN3O3/c13-6-1-2-9-7(3-6)12(5-15,11(19)16-9)8(4-14)10(17)18/h1-3,8H,(H,16,19)(H,17,18). The van der Waals surface area contributed by atoms with Crippen molar-refractivity contribution in [3.63, 3.8) is 0 Å². The summed E-state index contributed by atoms with van der Waals surface area (Å²) in [6, 6.07) is 7.45. The van der Waals surface area contributed by atoms with E-state index in [1.165, 1.54) is 24.3 Å². The first-order valence-electron chi connectivity index (χ1n) is 5.12. The molecule has 1 aromatic carbocycles. The maximum atomic E-state index is 12.0. The number of amides is 1. The van der Waals surface area contributed by atoms with E-state index in [1.54, 1.807) is 6.07 Å². The molecule has 0 spiro atoms. The Balaban J connectivity index is 2.76. The van der Waals surface area contributed by atoms with Crippen LogP contribution in [-0.4, -0.2) is 17.0 Å². The van der Waals surface area contributed by atoms with E-state index in [9.17, 15) is 14.9 Å². The Hall–Kier alpha value is -2.57. The van der Waals surface area contributed by atoms with E-state index in [0.717, 1.165) is 0 Å². The van der Waals surface area contributed by atoms with Gasteiger partial charge in [0, 0.05) is 16.3 Å². The number of hydrogen-bond donors (Lipinski definition) is 2. The molecule has 2 rings (SSSR count). The Morgan fingerprint density at radius 1 is 1.47 bits per heavy atom. The Kier molecular flexibility index (Phi) is 2.89. The molecule has 2 N–H and O–H groups in total. The highest BCUT2D eigenvalue weighted by atomic mass is 35.5. The van der Waals surface area contributed by atoms with Gasteiger partial charge in [-0.3, -0.25) is 9.59 Å². The van der Waals surface area contributed by atoms with Gasteiger partial charge in [0.1, 0.15) is 0 Å². The fraction of sp³-hybridized carbons (Fsp3) is 0.167. The molecule has 1 amide bonds. The second-order valence-electron chi connectivity index (χ2n) is 3.96. The number of benzene rings is 1. The first-order valence-corrected chi connectivity index (χ1v) is 5.50. The predicted octanol–water partition coefficient (Wildman–Crippen LogP) is 1.28. The van der Waals surface area contributed by atoms with Gasteiger partial charge in [0.15, 0.2) is 11.3 Å². The third kappa shape index (κ3) is 1.62. The van der Waals surface area contributed by atoms with Gasteiger partial charge in [-0.25, -0.2) is 0 Å². The summed E-state index contributed by atoms with van der Waals surface area (Å²) in [5.74, 6) is -4.18. The Morgan fingerprint density at radius 3 is 2.68 bits per heavy atom. The van der Waals surface area contributed by atoms with Crippen LogP contribution in [-0.2, 0) is 15.0 Å². The summed E-state index contributed by atoms with van der Waals surface area (Å²) in [5, 5.41) is 30.0. The third-order valence-corrected chi connectivity index (χ3v) is 3.23. The average molecular weight is 276 g/mol. The van der Waals surface area contributed by atoms with Crippen LogP contribution in [0.1, 0.15) is 5.56 Å². The molecule has 1 aliphatic heterocycles. The quantitative estimate of drug-likeness (QED) is 0.844. The zero-order valence-corrected chi connectivity index (χ0v) is 10.1. The summed E-state index contributed by atoms with van der Waals surface area (Å²) < 4.78 is 0. The van der Waals surface area contributed by atoms with E-state index in [1.807, 2.05) is 0 Å². The lowest BCUT2D eigenvalue weighted by Crippen LogP contribution is -2.43. The fourth-order valence-corrected chi connectivity index (χ4v) is 2.27. The van der Waals surface area contributed by atoms with Gasteiger partial charge in [0.2, 0.25) is 0 Å². The lowest BCUT2D eigenvalue weighted by atomic mass is 9.72. The molecule has 0 saturated heterocycles. The molecule has 1 aliphatic rings. The van der Waals surface area contributed by atoms with Crippen molar-refractivity contribution >= 4 is 29.2 Å². The van der Waals surface area contributed by atoms with Crippen LogP contribution in [0.5, 0.6) is 0 Å². The third-order valence-electron chi connectivity index (χ3n) is 3.00. The Labute approximate surface area is 112 Å². The summed E-state index contributed by atoms with van der Waals surface area (Å²) >= 11 is 5.80. The number of carbonyl (C=O) groups excluding carboxylic acids is 1. The SMILES string of the molecule is N#CC(C(=O)O)C1(C#N)C(=O)Nc2ccc(Cl)cc21. The molecular weight excluding hydrogens is 270 g/mol. The van der Waals surface area contributed by atoms with Gasteiger partial charge in [-0.2, -0.15) is 10.5 Å². The lowest BCUT2D eigenvalue weighted by molar-refractivity contribution is -0.143.